The average Bonchev–Trinajstić information content (AvgIpc) is 1.25. The van der Waals surface area contributed by atoms with Crippen LogP contribution in [0.4, 0.5) is 0 Å². The Labute approximate surface area is 52.1 Å². The molecule has 48 valence electrons. The standard InChI is InChI=1S/Be.2HNO3/c;2*2-1(3)4/h;2*(H,2,3,4)/q+2;;. The first-order valence-corrected chi connectivity index (χ1v) is 1.13. The number of hydrogen-bond acceptors (Lipinski definition) is 4. The Kier molecular flexibility index (Phi) is 17.0. The van der Waals surface area contributed by atoms with Crippen LogP contribution in [0.15, 0.2) is 0 Å². The van der Waals surface area contributed by atoms with Crippen LogP contribution in [0.3, 0.4) is 0 Å². The van der Waals surface area contributed by atoms with Crippen molar-refractivity contribution in [3.8, 4) is 0 Å². The second kappa shape index (κ2) is 9.76. The third kappa shape index (κ3) is 66.9. The third-order valence-electron chi connectivity index (χ3n) is 0. The summed E-state index contributed by atoms with van der Waals surface area (Å²) >= 11 is 0. The summed E-state index contributed by atoms with van der Waals surface area (Å²) in [5.74, 6) is 0. The third-order valence-corrected chi connectivity index (χ3v) is 0. The van der Waals surface area contributed by atoms with Crippen LogP contribution in [-0.2, 0) is 0 Å². The van der Waals surface area contributed by atoms with Gasteiger partial charge in [-0.05, 0) is 0 Å². The van der Waals surface area contributed by atoms with E-state index in [9.17, 15) is 0 Å². The quantitative estimate of drug-likeness (QED) is 0.247. The van der Waals surface area contributed by atoms with Crippen molar-refractivity contribution >= 4 is 10.1 Å². The minimum atomic E-state index is -1.50. The Hall–Kier alpha value is -1.43. The van der Waals surface area contributed by atoms with Crippen molar-refractivity contribution in [3.63, 3.8) is 0 Å². The molecule has 2 N–H and O–H groups in total. The fourth-order valence-corrected chi connectivity index (χ4v) is 0. The van der Waals surface area contributed by atoms with E-state index in [0.29, 0.717) is 0 Å². The van der Waals surface area contributed by atoms with Crippen molar-refractivity contribution in [2.45, 2.75) is 0 Å². The van der Waals surface area contributed by atoms with Crippen molar-refractivity contribution in [1.29, 1.82) is 0 Å². The fraction of sp³-hybridized carbons (Fsp3) is 0. The van der Waals surface area contributed by atoms with Crippen LogP contribution < -0.4 is 0 Å². The minimum Gasteiger partial charge on any atom is -0.328 e. The maximum Gasteiger partial charge on any atom is 2.00 e. The summed E-state index contributed by atoms with van der Waals surface area (Å²) in [4.78, 5) is 16.7. The van der Waals surface area contributed by atoms with Gasteiger partial charge in [-0.2, -0.15) is 0 Å². The van der Waals surface area contributed by atoms with Gasteiger partial charge in [-0.25, -0.2) is 0 Å². The van der Waals surface area contributed by atoms with Crippen LogP contribution in [0.2, 0.25) is 0 Å². The molecule has 0 aromatic rings. The summed E-state index contributed by atoms with van der Waals surface area (Å²) < 4.78 is 0. The van der Waals surface area contributed by atoms with E-state index in [0.717, 1.165) is 0 Å². The van der Waals surface area contributed by atoms with Gasteiger partial charge in [0, 0.05) is 0 Å². The first kappa shape index (κ1) is 15.6. The first-order valence-electron chi connectivity index (χ1n) is 1.13. The summed E-state index contributed by atoms with van der Waals surface area (Å²) in [6.45, 7) is 0. The molecular weight excluding hydrogens is 133 g/mol. The summed E-state index contributed by atoms with van der Waals surface area (Å²) in [5.41, 5.74) is 0. The maximum absolute atomic E-state index is 8.36. The number of rotatable bonds is 0. The molecule has 0 spiro atoms. The van der Waals surface area contributed by atoms with Crippen molar-refractivity contribution in [3.05, 3.63) is 20.2 Å². The molecule has 0 fully saturated rings. The van der Waals surface area contributed by atoms with Crippen LogP contribution in [0.1, 0.15) is 0 Å². The summed E-state index contributed by atoms with van der Waals surface area (Å²) in [7, 11) is 0. The van der Waals surface area contributed by atoms with Gasteiger partial charge in [-0.1, -0.05) is 0 Å². The van der Waals surface area contributed by atoms with E-state index in [1.807, 2.05) is 0 Å². The monoisotopic (exact) mass is 135 g/mol. The van der Waals surface area contributed by atoms with E-state index in [4.69, 9.17) is 30.6 Å². The molecular formula is H2BeN2O6+2. The minimum absolute atomic E-state index is 0. The smallest absolute Gasteiger partial charge is 0.328 e. The zero-order valence-corrected chi connectivity index (χ0v) is 4.13. The molecule has 0 unspecified atom stereocenters. The van der Waals surface area contributed by atoms with Gasteiger partial charge in [0.25, 0.3) is 10.2 Å². The average molecular weight is 135 g/mol. The molecule has 0 aliphatic heterocycles. The molecule has 0 saturated heterocycles. The fourth-order valence-electron chi connectivity index (χ4n) is 0. The normalized spacial score (nSPS) is 5.33. The summed E-state index contributed by atoms with van der Waals surface area (Å²) in [6.07, 6.45) is 0. The molecule has 0 aliphatic carbocycles. The van der Waals surface area contributed by atoms with Gasteiger partial charge >= 0.3 is 10.1 Å². The molecule has 0 heterocycles. The van der Waals surface area contributed by atoms with Crippen molar-refractivity contribution < 1.29 is 20.6 Å². The molecule has 0 aromatic heterocycles. The molecule has 0 aliphatic rings. The molecule has 0 saturated carbocycles. The topological polar surface area (TPSA) is 127 Å². The van der Waals surface area contributed by atoms with Crippen molar-refractivity contribution in [2.75, 3.05) is 0 Å². The van der Waals surface area contributed by atoms with Gasteiger partial charge in [0.15, 0.2) is 0 Å². The van der Waals surface area contributed by atoms with Crippen molar-refractivity contribution in [1.82, 2.24) is 0 Å². The summed E-state index contributed by atoms with van der Waals surface area (Å²) in [5, 5.41) is 27.3. The Morgan fingerprint density at radius 3 is 1.00 bits per heavy atom. The SMILES string of the molecule is O=[N+]([O-])O.O=[N+]([O-])O.[Be+2]. The van der Waals surface area contributed by atoms with Gasteiger partial charge in [-0.3, -0.25) is 0 Å². The van der Waals surface area contributed by atoms with Crippen LogP contribution in [0.5, 0.6) is 0 Å². The molecule has 0 bridgehead atoms. The molecule has 0 amide bonds. The Balaban J connectivity index is -0.0000000720. The molecule has 0 radical (unpaired) electrons. The predicted molar refractivity (Wildman–Crippen MR) is 23.3 cm³/mol. The van der Waals surface area contributed by atoms with Crippen LogP contribution >= 0.6 is 0 Å². The van der Waals surface area contributed by atoms with Gasteiger partial charge in [0.05, 0.1) is 0 Å². The van der Waals surface area contributed by atoms with E-state index >= 15 is 0 Å². The summed E-state index contributed by atoms with van der Waals surface area (Å²) in [6, 6.07) is 0. The predicted octanol–water partition coefficient (Wildman–Crippen LogP) is -1.08. The van der Waals surface area contributed by atoms with Crippen LogP contribution in [0, 0.1) is 20.2 Å². The second-order valence-electron chi connectivity index (χ2n) is 0.476. The van der Waals surface area contributed by atoms with E-state index in [1.54, 1.807) is 0 Å². The van der Waals surface area contributed by atoms with E-state index in [2.05, 4.69) is 0 Å². The van der Waals surface area contributed by atoms with E-state index in [-0.39, 0.29) is 10.1 Å². The van der Waals surface area contributed by atoms with Gasteiger partial charge < -0.3 is 10.4 Å². The van der Waals surface area contributed by atoms with E-state index in [1.165, 1.54) is 0 Å². The van der Waals surface area contributed by atoms with Gasteiger partial charge in [0.1, 0.15) is 0 Å². The van der Waals surface area contributed by atoms with Gasteiger partial charge in [-0.15, -0.1) is 20.2 Å². The second-order valence-corrected chi connectivity index (χ2v) is 0.476. The first-order chi connectivity index (χ1) is 3.46. The maximum atomic E-state index is 8.36. The Morgan fingerprint density at radius 2 is 1.00 bits per heavy atom. The van der Waals surface area contributed by atoms with E-state index < -0.39 is 10.2 Å². The number of hydrogen-bond donors (Lipinski definition) is 2. The van der Waals surface area contributed by atoms with Crippen LogP contribution in [-0.4, -0.2) is 30.7 Å². The number of nitrogens with zero attached hydrogens (tertiary/aromatic N) is 2. The largest absolute Gasteiger partial charge is 2.00 e. The molecule has 0 aromatic carbocycles. The molecule has 0 atom stereocenters. The Bertz CT molecular complexity index is 69.1. The molecule has 9 heavy (non-hydrogen) atoms. The Morgan fingerprint density at radius 1 is 1.00 bits per heavy atom. The van der Waals surface area contributed by atoms with Gasteiger partial charge in [0.2, 0.25) is 0 Å². The molecule has 0 rings (SSSR count). The zero-order valence-electron chi connectivity index (χ0n) is 4.13. The molecule has 9 heteroatoms. The van der Waals surface area contributed by atoms with Crippen LogP contribution in [0.25, 0.3) is 0 Å². The zero-order chi connectivity index (χ0) is 7.15. The van der Waals surface area contributed by atoms with Crippen molar-refractivity contribution in [2.24, 2.45) is 0 Å². The molecule has 8 nitrogen and oxygen atoms in total.